The van der Waals surface area contributed by atoms with Crippen molar-refractivity contribution < 1.29 is 14.0 Å². The van der Waals surface area contributed by atoms with E-state index in [1.165, 1.54) is 6.42 Å². The molecule has 0 bridgehead atoms. The molecule has 26 heavy (non-hydrogen) atoms. The number of carbonyl (C=O) groups is 2. The van der Waals surface area contributed by atoms with Gasteiger partial charge >= 0.3 is 0 Å². The molecule has 1 saturated heterocycles. The number of carbonyl (C=O) groups excluding carboxylic acids is 2. The summed E-state index contributed by atoms with van der Waals surface area (Å²) in [4.78, 5) is 27.2. The van der Waals surface area contributed by atoms with Crippen LogP contribution in [0.15, 0.2) is 23.0 Å². The fraction of sp³-hybridized carbons (Fsp3) is 0.714. The van der Waals surface area contributed by atoms with E-state index in [9.17, 15) is 9.59 Å². The summed E-state index contributed by atoms with van der Waals surface area (Å²) < 4.78 is 5.03. The van der Waals surface area contributed by atoms with Gasteiger partial charge in [-0.2, -0.15) is 0 Å². The lowest BCUT2D eigenvalue weighted by atomic mass is 9.78. The first-order valence-corrected chi connectivity index (χ1v) is 9.94. The molecule has 2 amide bonds. The number of hydrogen-bond acceptors (Lipinski definition) is 3. The third-order valence-corrected chi connectivity index (χ3v) is 6.70. The molecule has 5 heteroatoms. The Morgan fingerprint density at radius 3 is 2.69 bits per heavy atom. The predicted molar refractivity (Wildman–Crippen MR) is 98.2 cm³/mol. The number of nitrogens with zero attached hydrogens (tertiary/aromatic N) is 1. The third kappa shape index (κ3) is 3.53. The van der Waals surface area contributed by atoms with Crippen LogP contribution in [0.5, 0.6) is 0 Å². The molecule has 2 saturated carbocycles. The zero-order valence-electron chi connectivity index (χ0n) is 16.0. The SMILES string of the molecule is CC1CC1C1CC1C(=O)N1CCC(NC(=O)Cc2ccoc2)C(C)(C)C1. The Balaban J connectivity index is 1.30. The van der Waals surface area contributed by atoms with Crippen LogP contribution < -0.4 is 5.32 Å². The molecule has 142 valence electrons. The Labute approximate surface area is 155 Å². The number of amides is 2. The molecule has 3 fully saturated rings. The molecule has 2 heterocycles. The highest BCUT2D eigenvalue weighted by molar-refractivity contribution is 5.82. The van der Waals surface area contributed by atoms with Crippen molar-refractivity contribution in [1.29, 1.82) is 0 Å². The van der Waals surface area contributed by atoms with Gasteiger partial charge in [-0.25, -0.2) is 0 Å². The van der Waals surface area contributed by atoms with Gasteiger partial charge in [0.05, 0.1) is 18.9 Å². The predicted octanol–water partition coefficient (Wildman–Crippen LogP) is 2.86. The van der Waals surface area contributed by atoms with Gasteiger partial charge in [0, 0.05) is 30.5 Å². The zero-order valence-corrected chi connectivity index (χ0v) is 16.0. The lowest BCUT2D eigenvalue weighted by molar-refractivity contribution is -0.137. The van der Waals surface area contributed by atoms with Gasteiger partial charge in [0.15, 0.2) is 0 Å². The van der Waals surface area contributed by atoms with Crippen LogP contribution in [-0.2, 0) is 16.0 Å². The summed E-state index contributed by atoms with van der Waals surface area (Å²) in [5, 5.41) is 3.18. The number of furan rings is 1. The molecule has 1 N–H and O–H groups in total. The van der Waals surface area contributed by atoms with E-state index in [1.54, 1.807) is 12.5 Å². The van der Waals surface area contributed by atoms with Gasteiger partial charge in [-0.3, -0.25) is 9.59 Å². The van der Waals surface area contributed by atoms with Crippen molar-refractivity contribution in [2.75, 3.05) is 13.1 Å². The second-order valence-corrected chi connectivity index (χ2v) is 9.35. The van der Waals surface area contributed by atoms with Crippen molar-refractivity contribution in [2.45, 2.75) is 52.5 Å². The number of hydrogen-bond donors (Lipinski definition) is 1. The van der Waals surface area contributed by atoms with E-state index in [-0.39, 0.29) is 23.3 Å². The Morgan fingerprint density at radius 2 is 2.08 bits per heavy atom. The molecule has 5 atom stereocenters. The van der Waals surface area contributed by atoms with Gasteiger partial charge < -0.3 is 14.6 Å². The molecule has 1 aliphatic heterocycles. The fourth-order valence-corrected chi connectivity index (χ4v) is 4.79. The quantitative estimate of drug-likeness (QED) is 0.880. The van der Waals surface area contributed by atoms with Crippen molar-refractivity contribution >= 4 is 11.8 Å². The molecule has 2 aliphatic carbocycles. The summed E-state index contributed by atoms with van der Waals surface area (Å²) in [6.45, 7) is 8.09. The van der Waals surface area contributed by atoms with Crippen LogP contribution in [0.2, 0.25) is 0 Å². The van der Waals surface area contributed by atoms with Crippen molar-refractivity contribution in [3.8, 4) is 0 Å². The van der Waals surface area contributed by atoms with Crippen LogP contribution in [-0.4, -0.2) is 35.8 Å². The van der Waals surface area contributed by atoms with Crippen LogP contribution in [0.25, 0.3) is 0 Å². The standard InChI is InChI=1S/C21H30N2O3/c1-13-8-15(13)16-10-17(16)20(25)23-6-4-18(21(2,3)12-23)22-19(24)9-14-5-7-26-11-14/h5,7,11,13,15-18H,4,6,8-10,12H2,1-3H3,(H,22,24). The number of likely N-dealkylation sites (tertiary alicyclic amines) is 1. The highest BCUT2D eigenvalue weighted by Gasteiger charge is 2.56. The Morgan fingerprint density at radius 1 is 1.31 bits per heavy atom. The van der Waals surface area contributed by atoms with E-state index in [0.717, 1.165) is 43.3 Å². The maximum absolute atomic E-state index is 12.9. The summed E-state index contributed by atoms with van der Waals surface area (Å²) in [5.74, 6) is 2.92. The minimum atomic E-state index is -0.114. The molecule has 4 rings (SSSR count). The van der Waals surface area contributed by atoms with Crippen LogP contribution in [0.4, 0.5) is 0 Å². The minimum absolute atomic E-state index is 0.0224. The van der Waals surface area contributed by atoms with E-state index in [1.807, 2.05) is 6.07 Å². The van der Waals surface area contributed by atoms with Gasteiger partial charge in [0.25, 0.3) is 0 Å². The Hall–Kier alpha value is -1.78. The molecule has 3 aliphatic rings. The van der Waals surface area contributed by atoms with Gasteiger partial charge in [0.1, 0.15) is 0 Å². The normalized spacial score (nSPS) is 35.0. The van der Waals surface area contributed by atoms with Gasteiger partial charge in [-0.1, -0.05) is 20.8 Å². The number of rotatable bonds is 5. The monoisotopic (exact) mass is 358 g/mol. The van der Waals surface area contributed by atoms with Crippen LogP contribution in [0.3, 0.4) is 0 Å². The second kappa shape index (κ2) is 6.43. The first-order valence-electron chi connectivity index (χ1n) is 9.94. The third-order valence-electron chi connectivity index (χ3n) is 6.70. The molecule has 1 aromatic heterocycles. The number of nitrogens with one attached hydrogen (secondary N) is 1. The molecular weight excluding hydrogens is 328 g/mol. The van der Waals surface area contributed by atoms with E-state index in [2.05, 4.69) is 31.0 Å². The van der Waals surface area contributed by atoms with Crippen LogP contribution in [0, 0.1) is 29.1 Å². The lowest BCUT2D eigenvalue weighted by Crippen LogP contribution is -2.57. The van der Waals surface area contributed by atoms with Gasteiger partial charge in [-0.05, 0) is 48.6 Å². The fourth-order valence-electron chi connectivity index (χ4n) is 4.79. The van der Waals surface area contributed by atoms with E-state index in [0.29, 0.717) is 18.2 Å². The van der Waals surface area contributed by atoms with E-state index >= 15 is 0 Å². The molecule has 5 unspecified atom stereocenters. The first-order chi connectivity index (χ1) is 12.3. The lowest BCUT2D eigenvalue weighted by Gasteiger charge is -2.44. The highest BCUT2D eigenvalue weighted by Crippen LogP contribution is 2.58. The smallest absolute Gasteiger partial charge is 0.226 e. The highest BCUT2D eigenvalue weighted by atomic mass is 16.3. The molecule has 0 aromatic carbocycles. The number of piperidine rings is 1. The van der Waals surface area contributed by atoms with Crippen LogP contribution in [0.1, 0.15) is 45.6 Å². The first kappa shape index (κ1) is 17.6. The molecule has 0 radical (unpaired) electrons. The molecule has 1 aromatic rings. The summed E-state index contributed by atoms with van der Waals surface area (Å²) in [5.41, 5.74) is 0.777. The maximum atomic E-state index is 12.9. The molecule has 5 nitrogen and oxygen atoms in total. The minimum Gasteiger partial charge on any atom is -0.472 e. The average Bonchev–Trinajstić information content (AvgIpc) is 3.46. The zero-order chi connectivity index (χ0) is 18.5. The van der Waals surface area contributed by atoms with Gasteiger partial charge in [-0.15, -0.1) is 0 Å². The second-order valence-electron chi connectivity index (χ2n) is 9.35. The van der Waals surface area contributed by atoms with E-state index in [4.69, 9.17) is 4.42 Å². The topological polar surface area (TPSA) is 62.6 Å². The van der Waals surface area contributed by atoms with Crippen LogP contribution >= 0.6 is 0 Å². The summed E-state index contributed by atoms with van der Waals surface area (Å²) >= 11 is 0. The summed E-state index contributed by atoms with van der Waals surface area (Å²) in [6, 6.07) is 1.92. The maximum Gasteiger partial charge on any atom is 0.226 e. The summed E-state index contributed by atoms with van der Waals surface area (Å²) in [7, 11) is 0. The van der Waals surface area contributed by atoms with E-state index < -0.39 is 0 Å². The van der Waals surface area contributed by atoms with Crippen molar-refractivity contribution in [1.82, 2.24) is 10.2 Å². The molecule has 0 spiro atoms. The Kier molecular flexibility index (Phi) is 4.36. The van der Waals surface area contributed by atoms with Crippen molar-refractivity contribution in [2.24, 2.45) is 29.1 Å². The van der Waals surface area contributed by atoms with Crippen molar-refractivity contribution in [3.63, 3.8) is 0 Å². The van der Waals surface area contributed by atoms with Crippen molar-refractivity contribution in [3.05, 3.63) is 24.2 Å². The largest absolute Gasteiger partial charge is 0.472 e. The molecular formula is C21H30N2O3. The van der Waals surface area contributed by atoms with Gasteiger partial charge in [0.2, 0.25) is 11.8 Å². The average molecular weight is 358 g/mol. The summed E-state index contributed by atoms with van der Waals surface area (Å²) in [6.07, 6.45) is 6.77. The Bertz CT molecular complexity index is 681.